The Balaban J connectivity index is 1.91. The van der Waals surface area contributed by atoms with Crippen molar-refractivity contribution in [1.82, 2.24) is 0 Å². The lowest BCUT2D eigenvalue weighted by molar-refractivity contribution is -0.137. The summed E-state index contributed by atoms with van der Waals surface area (Å²) in [5, 5.41) is 2.57. The zero-order valence-electron chi connectivity index (χ0n) is 15.0. The Hall–Kier alpha value is -2.83. The first-order valence-corrected chi connectivity index (χ1v) is 8.45. The molecule has 2 aromatic rings. The lowest BCUT2D eigenvalue weighted by Crippen LogP contribution is -2.21. The van der Waals surface area contributed by atoms with Crippen LogP contribution in [0, 0.1) is 0 Å². The molecule has 0 spiro atoms. The van der Waals surface area contributed by atoms with Gasteiger partial charge in [0.25, 0.3) is 5.91 Å². The molecule has 2 rings (SSSR count). The summed E-state index contributed by atoms with van der Waals surface area (Å²) >= 11 is 0. The standard InChI is InChI=1S/C20H20F3NO3/c1-3-13(2)14-7-9-17(10-8-14)24-18(25)12-27-19(26)15-5-4-6-16(11-15)20(21,22)23/h4-11,13H,3,12H2,1-2H3,(H,24,25)/t13-/m1/s1. The Morgan fingerprint density at radius 2 is 1.78 bits per heavy atom. The van der Waals surface area contributed by atoms with E-state index in [-0.39, 0.29) is 5.56 Å². The fourth-order valence-electron chi connectivity index (χ4n) is 2.36. The van der Waals surface area contributed by atoms with Crippen molar-refractivity contribution in [1.29, 1.82) is 0 Å². The first-order valence-electron chi connectivity index (χ1n) is 8.45. The maximum absolute atomic E-state index is 12.7. The van der Waals surface area contributed by atoms with E-state index in [1.54, 1.807) is 12.1 Å². The number of hydrogen-bond acceptors (Lipinski definition) is 3. The van der Waals surface area contributed by atoms with Crippen molar-refractivity contribution >= 4 is 17.6 Å². The number of rotatable bonds is 6. The third-order valence-corrected chi connectivity index (χ3v) is 4.14. The SMILES string of the molecule is CC[C@@H](C)c1ccc(NC(=O)COC(=O)c2cccc(C(F)(F)F)c2)cc1. The largest absolute Gasteiger partial charge is 0.452 e. The molecule has 0 radical (unpaired) electrons. The summed E-state index contributed by atoms with van der Waals surface area (Å²) in [7, 11) is 0. The molecule has 1 atom stereocenters. The lowest BCUT2D eigenvalue weighted by Gasteiger charge is -2.11. The number of hydrogen-bond donors (Lipinski definition) is 1. The maximum atomic E-state index is 12.7. The molecule has 1 N–H and O–H groups in total. The second-order valence-corrected chi connectivity index (χ2v) is 6.13. The maximum Gasteiger partial charge on any atom is 0.416 e. The minimum atomic E-state index is -4.56. The van der Waals surface area contributed by atoms with E-state index < -0.39 is 30.2 Å². The zero-order chi connectivity index (χ0) is 20.0. The highest BCUT2D eigenvalue weighted by atomic mass is 19.4. The van der Waals surface area contributed by atoms with Crippen LogP contribution in [0.2, 0.25) is 0 Å². The first kappa shape index (κ1) is 20.5. The van der Waals surface area contributed by atoms with E-state index in [9.17, 15) is 22.8 Å². The van der Waals surface area contributed by atoms with Crippen LogP contribution in [0.25, 0.3) is 0 Å². The average Bonchev–Trinajstić information content (AvgIpc) is 2.65. The number of halogens is 3. The molecule has 0 saturated carbocycles. The van der Waals surface area contributed by atoms with Crippen molar-refractivity contribution in [3.63, 3.8) is 0 Å². The molecule has 0 heterocycles. The summed E-state index contributed by atoms with van der Waals surface area (Å²) in [6.07, 6.45) is -3.56. The molecule has 0 aliphatic heterocycles. The fourth-order valence-corrected chi connectivity index (χ4v) is 2.36. The van der Waals surface area contributed by atoms with Crippen molar-refractivity contribution in [3.05, 3.63) is 65.2 Å². The van der Waals surface area contributed by atoms with E-state index in [1.165, 1.54) is 6.07 Å². The van der Waals surface area contributed by atoms with Crippen molar-refractivity contribution in [2.75, 3.05) is 11.9 Å². The van der Waals surface area contributed by atoms with Gasteiger partial charge < -0.3 is 10.1 Å². The summed E-state index contributed by atoms with van der Waals surface area (Å²) in [4.78, 5) is 23.7. The van der Waals surface area contributed by atoms with Gasteiger partial charge in [-0.3, -0.25) is 4.79 Å². The number of benzene rings is 2. The van der Waals surface area contributed by atoms with E-state index in [4.69, 9.17) is 4.74 Å². The van der Waals surface area contributed by atoms with Gasteiger partial charge in [-0.05, 0) is 48.2 Å². The first-order chi connectivity index (χ1) is 12.7. The number of nitrogens with one attached hydrogen (secondary N) is 1. The van der Waals surface area contributed by atoms with Crippen LogP contribution in [-0.2, 0) is 15.7 Å². The van der Waals surface area contributed by atoms with E-state index in [0.717, 1.165) is 24.1 Å². The van der Waals surface area contributed by atoms with Gasteiger partial charge in [0.15, 0.2) is 6.61 Å². The average molecular weight is 379 g/mol. The Morgan fingerprint density at radius 1 is 1.11 bits per heavy atom. The van der Waals surface area contributed by atoms with Crippen molar-refractivity contribution in [3.8, 4) is 0 Å². The minimum absolute atomic E-state index is 0.268. The molecule has 27 heavy (non-hydrogen) atoms. The Morgan fingerprint density at radius 3 is 2.37 bits per heavy atom. The predicted octanol–water partition coefficient (Wildman–Crippen LogP) is 5.01. The number of alkyl halides is 3. The Bertz CT molecular complexity index is 801. The minimum Gasteiger partial charge on any atom is -0.452 e. The summed E-state index contributed by atoms with van der Waals surface area (Å²) in [5.74, 6) is -1.17. The number of carbonyl (C=O) groups is 2. The third kappa shape index (κ3) is 5.84. The molecule has 0 aliphatic carbocycles. The monoisotopic (exact) mass is 379 g/mol. The van der Waals surface area contributed by atoms with Crippen LogP contribution in [0.5, 0.6) is 0 Å². The quantitative estimate of drug-likeness (QED) is 0.718. The van der Waals surface area contributed by atoms with Gasteiger partial charge in [-0.15, -0.1) is 0 Å². The van der Waals surface area contributed by atoms with Crippen molar-refractivity contribution in [2.45, 2.75) is 32.4 Å². The van der Waals surface area contributed by atoms with Gasteiger partial charge in [0.1, 0.15) is 0 Å². The van der Waals surface area contributed by atoms with Crippen LogP contribution in [0.4, 0.5) is 18.9 Å². The molecular formula is C20H20F3NO3. The van der Waals surface area contributed by atoms with E-state index in [1.807, 2.05) is 12.1 Å². The lowest BCUT2D eigenvalue weighted by atomic mass is 9.99. The van der Waals surface area contributed by atoms with Gasteiger partial charge in [0.2, 0.25) is 0 Å². The smallest absolute Gasteiger partial charge is 0.416 e. The molecule has 0 aromatic heterocycles. The van der Waals surface area contributed by atoms with E-state index in [2.05, 4.69) is 19.2 Å². The van der Waals surface area contributed by atoms with Crippen molar-refractivity contribution < 1.29 is 27.5 Å². The Kier molecular flexibility index (Phi) is 6.60. The molecular weight excluding hydrogens is 359 g/mol. The van der Waals surface area contributed by atoms with Crippen LogP contribution < -0.4 is 5.32 Å². The summed E-state index contributed by atoms with van der Waals surface area (Å²) in [6.45, 7) is 3.59. The number of esters is 1. The van der Waals surface area contributed by atoms with Crippen LogP contribution in [0.3, 0.4) is 0 Å². The molecule has 0 bridgehead atoms. The second-order valence-electron chi connectivity index (χ2n) is 6.13. The summed E-state index contributed by atoms with van der Waals surface area (Å²) in [5.41, 5.74) is 0.465. The van der Waals surface area contributed by atoms with Crippen LogP contribution in [0.15, 0.2) is 48.5 Å². The van der Waals surface area contributed by atoms with Crippen LogP contribution in [-0.4, -0.2) is 18.5 Å². The van der Waals surface area contributed by atoms with Gasteiger partial charge in [0, 0.05) is 5.69 Å². The van der Waals surface area contributed by atoms with Gasteiger partial charge in [-0.2, -0.15) is 13.2 Å². The molecule has 144 valence electrons. The van der Waals surface area contributed by atoms with Crippen LogP contribution >= 0.6 is 0 Å². The highest BCUT2D eigenvalue weighted by molar-refractivity contribution is 5.95. The molecule has 7 heteroatoms. The number of ether oxygens (including phenoxy) is 1. The molecule has 1 amide bonds. The normalized spacial score (nSPS) is 12.3. The molecule has 0 fully saturated rings. The van der Waals surface area contributed by atoms with Gasteiger partial charge in [-0.25, -0.2) is 4.79 Å². The highest BCUT2D eigenvalue weighted by Gasteiger charge is 2.31. The zero-order valence-corrected chi connectivity index (χ0v) is 15.0. The van der Waals surface area contributed by atoms with E-state index in [0.29, 0.717) is 17.7 Å². The summed E-state index contributed by atoms with van der Waals surface area (Å²) < 4.78 is 42.8. The fraction of sp³-hybridized carbons (Fsp3) is 0.300. The van der Waals surface area contributed by atoms with E-state index >= 15 is 0 Å². The number of carbonyl (C=O) groups excluding carboxylic acids is 2. The highest BCUT2D eigenvalue weighted by Crippen LogP contribution is 2.29. The molecule has 0 saturated heterocycles. The Labute approximate surface area is 155 Å². The topological polar surface area (TPSA) is 55.4 Å². The molecule has 0 aliphatic rings. The molecule has 4 nitrogen and oxygen atoms in total. The molecule has 2 aromatic carbocycles. The third-order valence-electron chi connectivity index (χ3n) is 4.14. The number of amides is 1. The second kappa shape index (κ2) is 8.70. The number of anilines is 1. The van der Waals surface area contributed by atoms with Crippen LogP contribution in [0.1, 0.15) is 47.7 Å². The van der Waals surface area contributed by atoms with Crippen molar-refractivity contribution in [2.24, 2.45) is 0 Å². The molecule has 0 unspecified atom stereocenters. The predicted molar refractivity (Wildman–Crippen MR) is 95.5 cm³/mol. The van der Waals surface area contributed by atoms with Gasteiger partial charge in [0.05, 0.1) is 11.1 Å². The van der Waals surface area contributed by atoms with Gasteiger partial charge in [-0.1, -0.05) is 32.0 Å². The summed E-state index contributed by atoms with van der Waals surface area (Å²) in [6, 6.07) is 11.1. The van der Waals surface area contributed by atoms with Gasteiger partial charge >= 0.3 is 12.1 Å².